The van der Waals surface area contributed by atoms with Gasteiger partial charge in [0.15, 0.2) is 0 Å². The molecule has 5 heteroatoms. The number of ketones is 1. The maximum absolute atomic E-state index is 11.6. The Morgan fingerprint density at radius 2 is 1.80 bits per heavy atom. The molecule has 0 spiro atoms. The van der Waals surface area contributed by atoms with Crippen LogP contribution >= 0.6 is 0 Å². The highest BCUT2D eigenvalue weighted by atomic mass is 32.2. The van der Waals surface area contributed by atoms with Crippen LogP contribution in [0.3, 0.4) is 0 Å². The van der Waals surface area contributed by atoms with Gasteiger partial charge < -0.3 is 0 Å². The lowest BCUT2D eigenvalue weighted by Crippen LogP contribution is -2.41. The zero-order valence-electron chi connectivity index (χ0n) is 10.1. The Labute approximate surface area is 92.5 Å². The summed E-state index contributed by atoms with van der Waals surface area (Å²) in [4.78, 5) is 11.2. The fourth-order valence-electron chi connectivity index (χ4n) is 1.25. The molecule has 90 valence electrons. The van der Waals surface area contributed by atoms with Crippen molar-refractivity contribution in [2.75, 3.05) is 5.75 Å². The summed E-state index contributed by atoms with van der Waals surface area (Å²) in [6, 6.07) is -0.623. The summed E-state index contributed by atoms with van der Waals surface area (Å²) in [5, 5.41) is 0. The number of carbonyl (C=O) groups is 1. The van der Waals surface area contributed by atoms with Crippen molar-refractivity contribution in [3.05, 3.63) is 0 Å². The lowest BCUT2D eigenvalue weighted by atomic mass is 10.0. The average Bonchev–Trinajstić information content (AvgIpc) is 1.96. The molecule has 15 heavy (non-hydrogen) atoms. The third kappa shape index (κ3) is 6.62. The Kier molecular flexibility index (Phi) is 4.93. The summed E-state index contributed by atoms with van der Waals surface area (Å²) in [7, 11) is -3.36. The third-order valence-electron chi connectivity index (χ3n) is 1.81. The van der Waals surface area contributed by atoms with E-state index in [1.165, 1.54) is 0 Å². The maximum Gasteiger partial charge on any atom is 0.212 e. The highest BCUT2D eigenvalue weighted by Gasteiger charge is 2.24. The smallest absolute Gasteiger partial charge is 0.212 e. The minimum atomic E-state index is -3.36. The molecule has 1 atom stereocenters. The SMILES string of the molecule is CCC(=O)C(C)NS(=O)(=O)CC(C)(C)C. The van der Waals surface area contributed by atoms with Gasteiger partial charge >= 0.3 is 0 Å². The number of Topliss-reactive ketones (excluding diaryl/α,β-unsaturated/α-hetero) is 1. The van der Waals surface area contributed by atoms with Gasteiger partial charge in [-0.05, 0) is 12.3 Å². The van der Waals surface area contributed by atoms with E-state index in [-0.39, 0.29) is 17.0 Å². The molecule has 0 rings (SSSR count). The van der Waals surface area contributed by atoms with Crippen molar-refractivity contribution >= 4 is 15.8 Å². The number of rotatable bonds is 5. The zero-order chi connectivity index (χ0) is 12.3. The van der Waals surface area contributed by atoms with E-state index in [0.717, 1.165) is 0 Å². The minimum absolute atomic E-state index is 0.0291. The van der Waals surface area contributed by atoms with Crippen molar-refractivity contribution in [1.29, 1.82) is 0 Å². The van der Waals surface area contributed by atoms with E-state index in [2.05, 4.69) is 4.72 Å². The van der Waals surface area contributed by atoms with Gasteiger partial charge in [0.25, 0.3) is 0 Å². The number of sulfonamides is 1. The van der Waals surface area contributed by atoms with Crippen molar-refractivity contribution in [3.63, 3.8) is 0 Å². The van der Waals surface area contributed by atoms with Crippen LogP contribution in [0, 0.1) is 5.41 Å². The molecule has 0 aromatic heterocycles. The van der Waals surface area contributed by atoms with Crippen LogP contribution in [0.2, 0.25) is 0 Å². The lowest BCUT2D eigenvalue weighted by Gasteiger charge is -2.20. The predicted octanol–water partition coefficient (Wildman–Crippen LogP) is 1.32. The fourth-order valence-corrected chi connectivity index (χ4v) is 3.15. The topological polar surface area (TPSA) is 63.2 Å². The van der Waals surface area contributed by atoms with Gasteiger partial charge in [-0.1, -0.05) is 27.7 Å². The second-order valence-electron chi connectivity index (χ2n) is 4.98. The van der Waals surface area contributed by atoms with Crippen LogP contribution in [0.4, 0.5) is 0 Å². The van der Waals surface area contributed by atoms with Gasteiger partial charge in [-0.25, -0.2) is 13.1 Å². The Bertz CT molecular complexity index is 314. The molecule has 0 bridgehead atoms. The Hall–Kier alpha value is -0.420. The average molecular weight is 235 g/mol. The molecule has 1 N–H and O–H groups in total. The van der Waals surface area contributed by atoms with Crippen molar-refractivity contribution in [2.45, 2.75) is 47.1 Å². The highest BCUT2D eigenvalue weighted by molar-refractivity contribution is 7.89. The van der Waals surface area contributed by atoms with Crippen molar-refractivity contribution < 1.29 is 13.2 Å². The monoisotopic (exact) mass is 235 g/mol. The molecule has 0 heterocycles. The standard InChI is InChI=1S/C10H21NO3S/c1-6-9(12)8(2)11-15(13,14)7-10(3,4)5/h8,11H,6-7H2,1-5H3. The third-order valence-corrected chi connectivity index (χ3v) is 3.77. The summed E-state index contributed by atoms with van der Waals surface area (Å²) in [6.45, 7) is 8.83. The molecule has 0 saturated heterocycles. The molecule has 0 radical (unpaired) electrons. The van der Waals surface area contributed by atoms with Gasteiger partial charge in [0.1, 0.15) is 5.78 Å². The summed E-state index contributed by atoms with van der Waals surface area (Å²) in [5.41, 5.74) is -0.305. The largest absolute Gasteiger partial charge is 0.298 e. The number of carbonyl (C=O) groups excluding carboxylic acids is 1. The molecule has 0 amide bonds. The van der Waals surface area contributed by atoms with E-state index in [4.69, 9.17) is 0 Å². The molecule has 0 aliphatic rings. The molecule has 0 saturated carbocycles. The van der Waals surface area contributed by atoms with Gasteiger partial charge in [0, 0.05) is 6.42 Å². The molecular weight excluding hydrogens is 214 g/mol. The predicted molar refractivity (Wildman–Crippen MR) is 61.1 cm³/mol. The first-order chi connectivity index (χ1) is 6.57. The van der Waals surface area contributed by atoms with E-state index in [9.17, 15) is 13.2 Å². The van der Waals surface area contributed by atoms with Crippen molar-refractivity contribution in [1.82, 2.24) is 4.72 Å². The quantitative estimate of drug-likeness (QED) is 0.781. The molecule has 1 unspecified atom stereocenters. The maximum atomic E-state index is 11.6. The van der Waals surface area contributed by atoms with Gasteiger partial charge in [-0.15, -0.1) is 0 Å². The van der Waals surface area contributed by atoms with Gasteiger partial charge in [0.2, 0.25) is 10.0 Å². The van der Waals surface area contributed by atoms with E-state index >= 15 is 0 Å². The molecule has 0 fully saturated rings. The number of hydrogen-bond acceptors (Lipinski definition) is 3. The second kappa shape index (κ2) is 5.07. The first-order valence-electron chi connectivity index (χ1n) is 5.10. The first kappa shape index (κ1) is 14.6. The van der Waals surface area contributed by atoms with Crippen LogP contribution < -0.4 is 4.72 Å². The Morgan fingerprint density at radius 3 is 2.13 bits per heavy atom. The Balaban J connectivity index is 4.46. The van der Waals surface area contributed by atoms with Crippen LogP contribution in [-0.2, 0) is 14.8 Å². The second-order valence-corrected chi connectivity index (χ2v) is 6.73. The Morgan fingerprint density at radius 1 is 1.33 bits per heavy atom. The number of nitrogens with one attached hydrogen (secondary N) is 1. The van der Waals surface area contributed by atoms with Gasteiger partial charge in [-0.3, -0.25) is 4.79 Å². The van der Waals surface area contributed by atoms with Crippen LogP contribution in [0.15, 0.2) is 0 Å². The highest BCUT2D eigenvalue weighted by Crippen LogP contribution is 2.15. The summed E-state index contributed by atoms with van der Waals surface area (Å²) in [5.74, 6) is -0.0612. The lowest BCUT2D eigenvalue weighted by molar-refractivity contribution is -0.119. The summed E-state index contributed by atoms with van der Waals surface area (Å²) >= 11 is 0. The van der Waals surface area contributed by atoms with Crippen LogP contribution in [0.1, 0.15) is 41.0 Å². The summed E-state index contributed by atoms with van der Waals surface area (Å²) in [6.07, 6.45) is 0.346. The molecule has 0 aromatic carbocycles. The zero-order valence-corrected chi connectivity index (χ0v) is 10.9. The van der Waals surface area contributed by atoms with Crippen molar-refractivity contribution in [2.24, 2.45) is 5.41 Å². The van der Waals surface area contributed by atoms with Gasteiger partial charge in [0.05, 0.1) is 11.8 Å². The molecule has 0 aromatic rings. The normalized spacial score (nSPS) is 15.0. The molecular formula is C10H21NO3S. The number of hydrogen-bond donors (Lipinski definition) is 1. The van der Waals surface area contributed by atoms with Crippen molar-refractivity contribution in [3.8, 4) is 0 Å². The fraction of sp³-hybridized carbons (Fsp3) is 0.900. The molecule has 4 nitrogen and oxygen atoms in total. The van der Waals surface area contributed by atoms with Crippen LogP contribution in [-0.4, -0.2) is 26.0 Å². The van der Waals surface area contributed by atoms with Crippen LogP contribution in [0.5, 0.6) is 0 Å². The summed E-state index contributed by atoms with van der Waals surface area (Å²) < 4.78 is 25.6. The van der Waals surface area contributed by atoms with Crippen LogP contribution in [0.25, 0.3) is 0 Å². The van der Waals surface area contributed by atoms with E-state index in [0.29, 0.717) is 6.42 Å². The molecule has 0 aliphatic carbocycles. The molecule has 0 aliphatic heterocycles. The first-order valence-corrected chi connectivity index (χ1v) is 6.75. The van der Waals surface area contributed by atoms with E-state index in [1.54, 1.807) is 13.8 Å². The van der Waals surface area contributed by atoms with E-state index in [1.807, 2.05) is 20.8 Å². The van der Waals surface area contributed by atoms with E-state index < -0.39 is 16.1 Å². The van der Waals surface area contributed by atoms with Gasteiger partial charge in [-0.2, -0.15) is 0 Å². The minimum Gasteiger partial charge on any atom is -0.298 e.